The Balaban J connectivity index is 1.29. The van der Waals surface area contributed by atoms with Crippen LogP contribution in [-0.2, 0) is 4.79 Å². The van der Waals surface area contributed by atoms with Crippen LogP contribution in [0.3, 0.4) is 0 Å². The Morgan fingerprint density at radius 1 is 1.07 bits per heavy atom. The third-order valence-corrected chi connectivity index (χ3v) is 7.19. The molecule has 1 aliphatic carbocycles. The molecule has 3 saturated heterocycles. The number of hydrogen-bond acceptors (Lipinski definition) is 6. The summed E-state index contributed by atoms with van der Waals surface area (Å²) in [4.78, 5) is 26.7. The number of hydrogen-bond donors (Lipinski definition) is 2. The van der Waals surface area contributed by atoms with Crippen molar-refractivity contribution >= 4 is 11.9 Å². The van der Waals surface area contributed by atoms with Crippen molar-refractivity contribution in [1.82, 2.24) is 25.7 Å². The Kier molecular flexibility index (Phi) is 5.20. The molecular weight excluding hydrogens is 352 g/mol. The van der Waals surface area contributed by atoms with Crippen LogP contribution in [0.25, 0.3) is 0 Å². The third-order valence-electron chi connectivity index (χ3n) is 7.19. The van der Waals surface area contributed by atoms with Crippen LogP contribution in [0.5, 0.6) is 0 Å². The number of nitrogens with one attached hydrogen (secondary N) is 2. The summed E-state index contributed by atoms with van der Waals surface area (Å²) in [5.74, 6) is 2.38. The Morgan fingerprint density at radius 2 is 1.93 bits per heavy atom. The second-order valence-electron chi connectivity index (χ2n) is 8.95. The molecular formula is C21H32N6O. The molecule has 3 unspecified atom stereocenters. The van der Waals surface area contributed by atoms with Crippen LogP contribution in [0.1, 0.15) is 56.6 Å². The molecule has 7 heteroatoms. The predicted octanol–water partition coefficient (Wildman–Crippen LogP) is 1.68. The Labute approximate surface area is 167 Å². The zero-order valence-electron chi connectivity index (χ0n) is 16.6. The zero-order valence-corrected chi connectivity index (χ0v) is 16.6. The van der Waals surface area contributed by atoms with Gasteiger partial charge in [0.05, 0.1) is 5.69 Å². The molecule has 1 amide bonds. The first-order valence-corrected chi connectivity index (χ1v) is 11.1. The second-order valence-corrected chi connectivity index (χ2v) is 8.95. The lowest BCUT2D eigenvalue weighted by Crippen LogP contribution is -2.50. The smallest absolute Gasteiger partial charge is 0.225 e. The van der Waals surface area contributed by atoms with Crippen LogP contribution in [0.2, 0.25) is 0 Å². The fraction of sp³-hybridized carbons (Fsp3) is 0.762. The highest BCUT2D eigenvalue weighted by molar-refractivity contribution is 5.79. The van der Waals surface area contributed by atoms with E-state index in [2.05, 4.69) is 31.7 Å². The number of carbonyl (C=O) groups is 1. The maximum Gasteiger partial charge on any atom is 0.225 e. The molecule has 28 heavy (non-hydrogen) atoms. The highest BCUT2D eigenvalue weighted by Crippen LogP contribution is 2.34. The number of anilines is 1. The summed E-state index contributed by atoms with van der Waals surface area (Å²) in [6.07, 6.45) is 10.1. The van der Waals surface area contributed by atoms with Crippen LogP contribution >= 0.6 is 0 Å². The van der Waals surface area contributed by atoms with Crippen LogP contribution in [0.15, 0.2) is 12.3 Å². The molecule has 1 aromatic heterocycles. The fourth-order valence-electron chi connectivity index (χ4n) is 5.30. The molecule has 2 N–H and O–H groups in total. The van der Waals surface area contributed by atoms with Gasteiger partial charge in [-0.1, -0.05) is 6.42 Å². The minimum Gasteiger partial charge on any atom is -0.342 e. The lowest BCUT2D eigenvalue weighted by molar-refractivity contribution is -0.140. The van der Waals surface area contributed by atoms with E-state index in [9.17, 15) is 4.79 Å². The van der Waals surface area contributed by atoms with Crippen LogP contribution < -0.4 is 15.8 Å². The Bertz CT molecular complexity index is 702. The van der Waals surface area contributed by atoms with E-state index in [0.717, 1.165) is 63.6 Å². The molecule has 0 bridgehead atoms. The van der Waals surface area contributed by atoms with Gasteiger partial charge >= 0.3 is 0 Å². The maximum atomic E-state index is 12.7. The van der Waals surface area contributed by atoms with Gasteiger partial charge in [-0.25, -0.2) is 9.97 Å². The first-order valence-electron chi connectivity index (χ1n) is 11.1. The predicted molar refractivity (Wildman–Crippen MR) is 108 cm³/mol. The van der Waals surface area contributed by atoms with Crippen molar-refractivity contribution in [3.05, 3.63) is 18.0 Å². The summed E-state index contributed by atoms with van der Waals surface area (Å²) < 4.78 is 0. The van der Waals surface area contributed by atoms with Crippen LogP contribution in [0.4, 0.5) is 5.95 Å². The molecule has 3 aliphatic heterocycles. The van der Waals surface area contributed by atoms with E-state index in [0.29, 0.717) is 29.7 Å². The van der Waals surface area contributed by atoms with Gasteiger partial charge in [0.25, 0.3) is 0 Å². The standard InChI is InChI=1S/C21H32N6O/c28-20(15-5-3-6-15)27-12-4-7-16(14-27)19-17(13-23-25-19)18-8-9-22-21(24-18)26-10-1-2-11-26/h8-9,15-17,19,23,25H,1-7,10-14H2. The maximum absolute atomic E-state index is 12.7. The summed E-state index contributed by atoms with van der Waals surface area (Å²) in [6, 6.07) is 2.39. The molecule has 0 radical (unpaired) electrons. The number of aromatic nitrogens is 2. The van der Waals surface area contributed by atoms with Gasteiger partial charge in [-0.15, -0.1) is 0 Å². The molecule has 4 fully saturated rings. The number of rotatable bonds is 4. The molecule has 4 heterocycles. The first kappa shape index (κ1) is 18.3. The van der Waals surface area contributed by atoms with Crippen molar-refractivity contribution in [2.24, 2.45) is 11.8 Å². The van der Waals surface area contributed by atoms with Crippen molar-refractivity contribution in [2.75, 3.05) is 37.6 Å². The summed E-state index contributed by atoms with van der Waals surface area (Å²) in [5, 5.41) is 0. The van der Waals surface area contributed by atoms with E-state index in [1.54, 1.807) is 0 Å². The van der Waals surface area contributed by atoms with Crippen molar-refractivity contribution < 1.29 is 4.79 Å². The van der Waals surface area contributed by atoms with Crippen LogP contribution in [0, 0.1) is 11.8 Å². The van der Waals surface area contributed by atoms with Crippen molar-refractivity contribution in [3.63, 3.8) is 0 Å². The average molecular weight is 385 g/mol. The Morgan fingerprint density at radius 3 is 2.71 bits per heavy atom. The molecule has 4 aliphatic rings. The van der Waals surface area contributed by atoms with Gasteiger partial charge in [-0.2, -0.15) is 0 Å². The van der Waals surface area contributed by atoms with E-state index in [1.165, 1.54) is 25.7 Å². The molecule has 0 aromatic carbocycles. The van der Waals surface area contributed by atoms with Gasteiger partial charge in [0.15, 0.2) is 0 Å². The zero-order chi connectivity index (χ0) is 18.9. The highest BCUT2D eigenvalue weighted by Gasteiger charge is 2.40. The molecule has 1 aromatic rings. The van der Waals surface area contributed by atoms with E-state index in [-0.39, 0.29) is 0 Å². The lowest BCUT2D eigenvalue weighted by atomic mass is 9.80. The molecule has 7 nitrogen and oxygen atoms in total. The van der Waals surface area contributed by atoms with E-state index in [1.807, 2.05) is 6.20 Å². The molecule has 152 valence electrons. The minimum absolute atomic E-state index is 0.300. The van der Waals surface area contributed by atoms with Crippen LogP contribution in [-0.4, -0.2) is 59.5 Å². The molecule has 1 saturated carbocycles. The number of nitrogens with zero attached hydrogens (tertiary/aromatic N) is 4. The van der Waals surface area contributed by atoms with Gasteiger partial charge in [0, 0.05) is 56.8 Å². The number of piperidine rings is 1. The highest BCUT2D eigenvalue weighted by atomic mass is 16.2. The largest absolute Gasteiger partial charge is 0.342 e. The number of hydrazine groups is 1. The topological polar surface area (TPSA) is 73.4 Å². The quantitative estimate of drug-likeness (QED) is 0.823. The van der Waals surface area contributed by atoms with E-state index >= 15 is 0 Å². The number of carbonyl (C=O) groups excluding carboxylic acids is 1. The van der Waals surface area contributed by atoms with E-state index < -0.39 is 0 Å². The number of likely N-dealkylation sites (tertiary alicyclic amines) is 1. The van der Waals surface area contributed by atoms with Crippen molar-refractivity contribution in [2.45, 2.75) is 56.9 Å². The van der Waals surface area contributed by atoms with Gasteiger partial charge < -0.3 is 9.80 Å². The van der Waals surface area contributed by atoms with Gasteiger partial charge in [-0.05, 0) is 50.5 Å². The van der Waals surface area contributed by atoms with Gasteiger partial charge in [0.1, 0.15) is 0 Å². The number of amides is 1. The normalized spacial score (nSPS) is 31.2. The first-order chi connectivity index (χ1) is 13.8. The second kappa shape index (κ2) is 7.95. The van der Waals surface area contributed by atoms with Crippen molar-refractivity contribution in [3.8, 4) is 0 Å². The Hall–Kier alpha value is -1.73. The van der Waals surface area contributed by atoms with Gasteiger partial charge in [0.2, 0.25) is 11.9 Å². The SMILES string of the molecule is O=C(C1CCC1)N1CCCC(C2NNCC2c2ccnc(N3CCCC3)n2)C1. The summed E-state index contributed by atoms with van der Waals surface area (Å²) in [6.45, 7) is 4.83. The molecule has 5 rings (SSSR count). The van der Waals surface area contributed by atoms with Crippen molar-refractivity contribution in [1.29, 1.82) is 0 Å². The lowest BCUT2D eigenvalue weighted by Gasteiger charge is -2.40. The summed E-state index contributed by atoms with van der Waals surface area (Å²) in [7, 11) is 0. The molecule has 3 atom stereocenters. The monoisotopic (exact) mass is 384 g/mol. The third kappa shape index (κ3) is 3.50. The average Bonchev–Trinajstić information content (AvgIpc) is 3.39. The summed E-state index contributed by atoms with van der Waals surface area (Å²) >= 11 is 0. The van der Waals surface area contributed by atoms with Gasteiger partial charge in [-0.3, -0.25) is 15.6 Å². The minimum atomic E-state index is 0.300. The van der Waals surface area contributed by atoms with E-state index in [4.69, 9.17) is 4.98 Å². The molecule has 0 spiro atoms. The fourth-order valence-corrected chi connectivity index (χ4v) is 5.30. The summed E-state index contributed by atoms with van der Waals surface area (Å²) in [5.41, 5.74) is 8.01.